The summed E-state index contributed by atoms with van der Waals surface area (Å²) in [6, 6.07) is 1.30. The van der Waals surface area contributed by atoms with E-state index in [-0.39, 0.29) is 28.6 Å². The van der Waals surface area contributed by atoms with Crippen molar-refractivity contribution in [2.75, 3.05) is 26.6 Å². The Morgan fingerprint density at radius 1 is 1.22 bits per heavy atom. The zero-order valence-corrected chi connectivity index (χ0v) is 10.1. The number of hydrogen-bond acceptors (Lipinski definition) is 6. The first-order chi connectivity index (χ1) is 8.60. The summed E-state index contributed by atoms with van der Waals surface area (Å²) in [5.74, 6) is 0.0369. The van der Waals surface area contributed by atoms with Gasteiger partial charge in [0, 0.05) is 6.07 Å². The Kier molecular flexibility index (Phi) is 4.30. The Hall–Kier alpha value is -2.51. The quantitative estimate of drug-likeness (QED) is 0.466. The summed E-state index contributed by atoms with van der Waals surface area (Å²) in [6.45, 7) is 0. The van der Waals surface area contributed by atoms with Crippen LogP contribution >= 0.6 is 0 Å². The summed E-state index contributed by atoms with van der Waals surface area (Å²) < 4.78 is 14.9. The zero-order valence-electron chi connectivity index (χ0n) is 10.1. The fraction of sp³-hybridized carbons (Fsp3) is 0.300. The van der Waals surface area contributed by atoms with E-state index in [2.05, 4.69) is 5.32 Å². The van der Waals surface area contributed by atoms with Crippen LogP contribution in [0.2, 0.25) is 0 Å². The number of hydrogen-bond donors (Lipinski definition) is 1. The number of nitrogens with one attached hydrogen (secondary N) is 1. The SMILES string of the molecule is COc1cc(OC)c([N+](=O)[O-])c(OC)c1NC=O. The number of nitro groups is 1. The molecule has 18 heavy (non-hydrogen) atoms. The number of methoxy groups -OCH3 is 3. The van der Waals surface area contributed by atoms with Gasteiger partial charge in [0.05, 0.1) is 26.3 Å². The third-order valence-corrected chi connectivity index (χ3v) is 2.21. The molecule has 98 valence electrons. The summed E-state index contributed by atoms with van der Waals surface area (Å²) in [7, 11) is 3.89. The van der Waals surface area contributed by atoms with E-state index < -0.39 is 4.92 Å². The lowest BCUT2D eigenvalue weighted by Crippen LogP contribution is -2.05. The Bertz CT molecular complexity index is 474. The molecule has 0 aromatic heterocycles. The first kappa shape index (κ1) is 13.6. The number of benzene rings is 1. The number of anilines is 1. The normalized spacial score (nSPS) is 9.50. The van der Waals surface area contributed by atoms with E-state index in [1.54, 1.807) is 0 Å². The third kappa shape index (κ3) is 2.26. The molecule has 1 N–H and O–H groups in total. The lowest BCUT2D eigenvalue weighted by molar-refractivity contribution is -0.386. The molecule has 0 aliphatic carbocycles. The van der Waals surface area contributed by atoms with Crippen molar-refractivity contribution in [1.82, 2.24) is 0 Å². The van der Waals surface area contributed by atoms with Gasteiger partial charge in [-0.3, -0.25) is 14.9 Å². The van der Waals surface area contributed by atoms with Crippen LogP contribution in [0.4, 0.5) is 11.4 Å². The summed E-state index contributed by atoms with van der Waals surface area (Å²) in [6.07, 6.45) is 0.372. The molecule has 0 saturated carbocycles. The first-order valence-electron chi connectivity index (χ1n) is 4.78. The molecule has 0 fully saturated rings. The lowest BCUT2D eigenvalue weighted by atomic mass is 10.2. The zero-order chi connectivity index (χ0) is 13.7. The molecule has 1 aromatic carbocycles. The Labute approximate surface area is 103 Å². The molecular formula is C10H12N2O6. The van der Waals surface area contributed by atoms with Crippen molar-refractivity contribution in [1.29, 1.82) is 0 Å². The Morgan fingerprint density at radius 3 is 2.22 bits per heavy atom. The monoisotopic (exact) mass is 256 g/mol. The highest BCUT2D eigenvalue weighted by atomic mass is 16.6. The number of nitro benzene ring substituents is 1. The van der Waals surface area contributed by atoms with Crippen LogP contribution in [0.15, 0.2) is 6.07 Å². The van der Waals surface area contributed by atoms with E-state index >= 15 is 0 Å². The molecule has 0 radical (unpaired) electrons. The van der Waals surface area contributed by atoms with Gasteiger partial charge in [0.1, 0.15) is 11.4 Å². The van der Waals surface area contributed by atoms with Gasteiger partial charge >= 0.3 is 5.69 Å². The second-order valence-corrected chi connectivity index (χ2v) is 3.06. The van der Waals surface area contributed by atoms with Crippen molar-refractivity contribution in [3.8, 4) is 17.2 Å². The van der Waals surface area contributed by atoms with E-state index in [1.165, 1.54) is 27.4 Å². The molecule has 0 saturated heterocycles. The summed E-state index contributed by atoms with van der Waals surface area (Å²) >= 11 is 0. The molecular weight excluding hydrogens is 244 g/mol. The van der Waals surface area contributed by atoms with Gasteiger partial charge in [-0.1, -0.05) is 0 Å². The van der Waals surface area contributed by atoms with Crippen molar-refractivity contribution in [2.45, 2.75) is 0 Å². The molecule has 0 bridgehead atoms. The second-order valence-electron chi connectivity index (χ2n) is 3.06. The predicted molar refractivity (Wildman–Crippen MR) is 62.4 cm³/mol. The second kappa shape index (κ2) is 5.71. The minimum atomic E-state index is -0.660. The van der Waals surface area contributed by atoms with Crippen LogP contribution in [-0.4, -0.2) is 32.7 Å². The van der Waals surface area contributed by atoms with Gasteiger partial charge in [-0.15, -0.1) is 0 Å². The number of carbonyl (C=O) groups excluding carboxylic acids is 1. The first-order valence-corrected chi connectivity index (χ1v) is 4.78. The van der Waals surface area contributed by atoms with E-state index in [0.717, 1.165) is 0 Å². The molecule has 0 atom stereocenters. The van der Waals surface area contributed by atoms with Crippen molar-refractivity contribution in [3.05, 3.63) is 16.2 Å². The van der Waals surface area contributed by atoms with Crippen LogP contribution in [-0.2, 0) is 4.79 Å². The molecule has 8 nitrogen and oxygen atoms in total. The minimum Gasteiger partial charge on any atom is -0.494 e. The Morgan fingerprint density at radius 2 is 1.83 bits per heavy atom. The number of carbonyl (C=O) groups is 1. The number of ether oxygens (including phenoxy) is 3. The predicted octanol–water partition coefficient (Wildman–Crippen LogP) is 1.19. The van der Waals surface area contributed by atoms with Crippen LogP contribution in [0.1, 0.15) is 0 Å². The average molecular weight is 256 g/mol. The van der Waals surface area contributed by atoms with Crippen LogP contribution in [0, 0.1) is 10.1 Å². The highest BCUT2D eigenvalue weighted by molar-refractivity contribution is 5.85. The molecule has 8 heteroatoms. The standard InChI is InChI=1S/C10H12N2O6/c1-16-6-4-7(17-2)9(12(14)15)10(18-3)8(6)11-5-13/h4-5H,1-3H3,(H,11,13). The lowest BCUT2D eigenvalue weighted by Gasteiger charge is -2.14. The summed E-state index contributed by atoms with van der Waals surface area (Å²) in [4.78, 5) is 20.9. The topological polar surface area (TPSA) is 99.9 Å². The van der Waals surface area contributed by atoms with Gasteiger partial charge in [0.25, 0.3) is 0 Å². The molecule has 0 unspecified atom stereocenters. The largest absolute Gasteiger partial charge is 0.494 e. The van der Waals surface area contributed by atoms with Gasteiger partial charge in [0.2, 0.25) is 17.9 Å². The maximum atomic E-state index is 11.0. The van der Waals surface area contributed by atoms with Crippen LogP contribution in [0.5, 0.6) is 17.2 Å². The van der Waals surface area contributed by atoms with E-state index in [9.17, 15) is 14.9 Å². The average Bonchev–Trinajstić information content (AvgIpc) is 2.37. The molecule has 0 heterocycles. The highest BCUT2D eigenvalue weighted by Crippen LogP contribution is 2.47. The van der Waals surface area contributed by atoms with Crippen molar-refractivity contribution >= 4 is 17.8 Å². The van der Waals surface area contributed by atoms with Gasteiger partial charge in [-0.05, 0) is 0 Å². The maximum absolute atomic E-state index is 11.0. The van der Waals surface area contributed by atoms with Gasteiger partial charge in [-0.25, -0.2) is 0 Å². The molecule has 1 amide bonds. The number of nitrogens with zero attached hydrogens (tertiary/aromatic N) is 1. The van der Waals surface area contributed by atoms with Gasteiger partial charge in [-0.2, -0.15) is 0 Å². The van der Waals surface area contributed by atoms with Crippen molar-refractivity contribution < 1.29 is 23.9 Å². The third-order valence-electron chi connectivity index (χ3n) is 2.21. The molecule has 1 aromatic rings. The van der Waals surface area contributed by atoms with Crippen molar-refractivity contribution in [3.63, 3.8) is 0 Å². The minimum absolute atomic E-state index is 0.0230. The fourth-order valence-electron chi connectivity index (χ4n) is 1.49. The molecule has 1 rings (SSSR count). The summed E-state index contributed by atoms with van der Waals surface area (Å²) in [5.41, 5.74) is -0.312. The van der Waals surface area contributed by atoms with Crippen LogP contribution in [0.3, 0.4) is 0 Å². The maximum Gasteiger partial charge on any atom is 0.354 e. The van der Waals surface area contributed by atoms with Crippen LogP contribution < -0.4 is 19.5 Å². The van der Waals surface area contributed by atoms with E-state index in [1.807, 2.05) is 0 Å². The summed E-state index contributed by atoms with van der Waals surface area (Å²) in [5, 5.41) is 13.3. The van der Waals surface area contributed by atoms with E-state index in [0.29, 0.717) is 6.41 Å². The number of rotatable bonds is 6. The van der Waals surface area contributed by atoms with Gasteiger partial charge < -0.3 is 19.5 Å². The van der Waals surface area contributed by atoms with Crippen molar-refractivity contribution in [2.24, 2.45) is 0 Å². The van der Waals surface area contributed by atoms with E-state index in [4.69, 9.17) is 14.2 Å². The smallest absolute Gasteiger partial charge is 0.354 e. The molecule has 0 aliphatic rings. The number of amides is 1. The van der Waals surface area contributed by atoms with Crippen LogP contribution in [0.25, 0.3) is 0 Å². The molecule has 0 spiro atoms. The highest BCUT2D eigenvalue weighted by Gasteiger charge is 2.29. The Balaban J connectivity index is 3.63. The molecule has 0 aliphatic heterocycles. The van der Waals surface area contributed by atoms with Gasteiger partial charge in [0.15, 0.2) is 0 Å². The fourth-order valence-corrected chi connectivity index (χ4v) is 1.49.